The minimum Gasteiger partial charge on any atom is -0.469 e. The zero-order chi connectivity index (χ0) is 9.40. The minimum absolute atomic E-state index is 0. The summed E-state index contributed by atoms with van der Waals surface area (Å²) in [6.07, 6.45) is 0. The number of esters is 1. The highest BCUT2D eigenvalue weighted by Crippen LogP contribution is 1.92. The van der Waals surface area contributed by atoms with Gasteiger partial charge in [0.1, 0.15) is 0 Å². The molecule has 0 fully saturated rings. The molecule has 0 N–H and O–H groups in total. The van der Waals surface area contributed by atoms with Crippen LogP contribution in [0.2, 0.25) is 0 Å². The van der Waals surface area contributed by atoms with E-state index < -0.39 is 0 Å². The lowest BCUT2D eigenvalue weighted by Crippen LogP contribution is -1.88. The second-order valence-corrected chi connectivity index (χ2v) is 2.35. The van der Waals surface area contributed by atoms with E-state index in [1.165, 1.54) is 19.6 Å². The average Bonchev–Trinajstić information content (AvgIpc) is 2.07. The minimum atomic E-state index is -0.245. The van der Waals surface area contributed by atoms with Gasteiger partial charge in [0.2, 0.25) is 0 Å². The molecule has 0 heterocycles. The lowest BCUT2D eigenvalue weighted by Gasteiger charge is -1.82. The van der Waals surface area contributed by atoms with Crippen molar-refractivity contribution in [1.29, 1.82) is 0 Å². The first-order valence-corrected chi connectivity index (χ1v) is 3.73. The molecule has 0 saturated carbocycles. The number of benzene rings is 1. The van der Waals surface area contributed by atoms with Gasteiger partial charge in [-0.1, -0.05) is 43.3 Å². The molecular formula is C11H18O2. The SMILES string of the molecule is C.COC(C)=O.Cc1ccccc1. The van der Waals surface area contributed by atoms with Gasteiger partial charge in [0, 0.05) is 6.92 Å². The van der Waals surface area contributed by atoms with Crippen LogP contribution in [0.25, 0.3) is 0 Å². The first-order chi connectivity index (χ1) is 5.66. The summed E-state index contributed by atoms with van der Waals surface area (Å²) in [7, 11) is 1.35. The van der Waals surface area contributed by atoms with Crippen molar-refractivity contribution in [3.05, 3.63) is 35.9 Å². The number of aryl methyl sites for hydroxylation is 1. The molecule has 0 aromatic heterocycles. The van der Waals surface area contributed by atoms with Gasteiger partial charge in [0.15, 0.2) is 0 Å². The maximum atomic E-state index is 9.59. The predicted octanol–water partition coefficient (Wildman–Crippen LogP) is 2.81. The van der Waals surface area contributed by atoms with Crippen LogP contribution < -0.4 is 0 Å². The molecule has 74 valence electrons. The fraction of sp³-hybridized carbons (Fsp3) is 0.364. The van der Waals surface area contributed by atoms with Crippen LogP contribution in [0.3, 0.4) is 0 Å². The number of methoxy groups -OCH3 is 1. The van der Waals surface area contributed by atoms with Crippen LogP contribution in [-0.4, -0.2) is 13.1 Å². The van der Waals surface area contributed by atoms with E-state index in [0.717, 1.165) is 0 Å². The highest BCUT2D eigenvalue weighted by atomic mass is 16.5. The average molecular weight is 182 g/mol. The Kier molecular flexibility index (Phi) is 9.61. The molecule has 1 aromatic carbocycles. The summed E-state index contributed by atoms with van der Waals surface area (Å²) in [5.74, 6) is -0.245. The third-order valence-electron chi connectivity index (χ3n) is 1.23. The molecular weight excluding hydrogens is 164 g/mol. The third kappa shape index (κ3) is 10.7. The van der Waals surface area contributed by atoms with Gasteiger partial charge in [-0.25, -0.2) is 0 Å². The van der Waals surface area contributed by atoms with Gasteiger partial charge in [0.25, 0.3) is 0 Å². The maximum absolute atomic E-state index is 9.59. The lowest BCUT2D eigenvalue weighted by atomic mass is 10.2. The van der Waals surface area contributed by atoms with Gasteiger partial charge in [0.05, 0.1) is 7.11 Å². The second-order valence-electron chi connectivity index (χ2n) is 2.35. The fourth-order valence-electron chi connectivity index (χ4n) is 0.534. The summed E-state index contributed by atoms with van der Waals surface area (Å²) < 4.78 is 4.11. The number of hydrogen-bond donors (Lipinski definition) is 0. The Morgan fingerprint density at radius 2 is 1.62 bits per heavy atom. The van der Waals surface area contributed by atoms with Crippen LogP contribution in [0.15, 0.2) is 30.3 Å². The molecule has 13 heavy (non-hydrogen) atoms. The van der Waals surface area contributed by atoms with E-state index in [2.05, 4.69) is 23.8 Å². The number of hydrogen-bond acceptors (Lipinski definition) is 2. The van der Waals surface area contributed by atoms with E-state index in [1.54, 1.807) is 0 Å². The summed E-state index contributed by atoms with van der Waals surface area (Å²) in [5, 5.41) is 0. The summed E-state index contributed by atoms with van der Waals surface area (Å²) in [4.78, 5) is 9.59. The Bertz CT molecular complexity index is 217. The molecule has 0 spiro atoms. The quantitative estimate of drug-likeness (QED) is 0.577. The van der Waals surface area contributed by atoms with E-state index in [0.29, 0.717) is 0 Å². The lowest BCUT2D eigenvalue weighted by molar-refractivity contribution is -0.137. The van der Waals surface area contributed by atoms with Crippen molar-refractivity contribution < 1.29 is 9.53 Å². The van der Waals surface area contributed by atoms with Crippen LogP contribution in [0, 0.1) is 6.92 Å². The van der Waals surface area contributed by atoms with Crippen LogP contribution in [0.5, 0.6) is 0 Å². The number of rotatable bonds is 0. The predicted molar refractivity (Wildman–Crippen MR) is 55.6 cm³/mol. The monoisotopic (exact) mass is 182 g/mol. The van der Waals surface area contributed by atoms with Gasteiger partial charge >= 0.3 is 5.97 Å². The molecule has 2 heteroatoms. The Morgan fingerprint density at radius 1 is 1.23 bits per heavy atom. The van der Waals surface area contributed by atoms with Crippen LogP contribution in [-0.2, 0) is 9.53 Å². The Balaban J connectivity index is 0. The molecule has 1 aromatic rings. The maximum Gasteiger partial charge on any atom is 0.302 e. The first-order valence-electron chi connectivity index (χ1n) is 3.73. The van der Waals surface area contributed by atoms with Gasteiger partial charge in [-0.2, -0.15) is 0 Å². The molecule has 0 unspecified atom stereocenters. The third-order valence-corrected chi connectivity index (χ3v) is 1.23. The Hall–Kier alpha value is -1.31. The molecule has 1 rings (SSSR count). The van der Waals surface area contributed by atoms with Crippen molar-refractivity contribution in [2.45, 2.75) is 21.3 Å². The number of carbonyl (C=O) groups excluding carboxylic acids is 1. The largest absolute Gasteiger partial charge is 0.469 e. The van der Waals surface area contributed by atoms with Crippen molar-refractivity contribution in [3.8, 4) is 0 Å². The van der Waals surface area contributed by atoms with Crippen molar-refractivity contribution >= 4 is 5.97 Å². The summed E-state index contributed by atoms with van der Waals surface area (Å²) in [6, 6.07) is 10.3. The Labute approximate surface area is 80.5 Å². The number of ether oxygens (including phenoxy) is 1. The fourth-order valence-corrected chi connectivity index (χ4v) is 0.534. The summed E-state index contributed by atoms with van der Waals surface area (Å²) >= 11 is 0. The van der Waals surface area contributed by atoms with Gasteiger partial charge in [-0.05, 0) is 6.92 Å². The zero-order valence-electron chi connectivity index (χ0n) is 7.70. The van der Waals surface area contributed by atoms with Crippen molar-refractivity contribution in [2.24, 2.45) is 0 Å². The second kappa shape index (κ2) is 8.78. The molecule has 0 aliphatic heterocycles. The van der Waals surface area contributed by atoms with E-state index >= 15 is 0 Å². The topological polar surface area (TPSA) is 26.3 Å². The van der Waals surface area contributed by atoms with E-state index in [4.69, 9.17) is 0 Å². The number of carbonyl (C=O) groups is 1. The normalized spacial score (nSPS) is 7.31. The van der Waals surface area contributed by atoms with Crippen molar-refractivity contribution in [2.75, 3.05) is 7.11 Å². The molecule has 0 aliphatic rings. The molecule has 0 atom stereocenters. The van der Waals surface area contributed by atoms with E-state index in [-0.39, 0.29) is 13.4 Å². The van der Waals surface area contributed by atoms with Gasteiger partial charge < -0.3 is 4.74 Å². The zero-order valence-corrected chi connectivity index (χ0v) is 7.70. The molecule has 0 radical (unpaired) electrons. The van der Waals surface area contributed by atoms with E-state index in [1.807, 2.05) is 18.2 Å². The molecule has 2 nitrogen and oxygen atoms in total. The molecule has 0 aliphatic carbocycles. The van der Waals surface area contributed by atoms with Gasteiger partial charge in [-0.15, -0.1) is 0 Å². The Morgan fingerprint density at radius 3 is 1.77 bits per heavy atom. The molecule has 0 saturated heterocycles. The molecule has 0 bridgehead atoms. The van der Waals surface area contributed by atoms with Crippen LogP contribution in [0.1, 0.15) is 19.9 Å². The standard InChI is InChI=1S/C7H8.C3H6O2.CH4/c1-7-5-3-2-4-6-7;1-3(4)5-2;/h2-6H,1H3;1-2H3;1H4. The first kappa shape index (κ1) is 14.2. The van der Waals surface area contributed by atoms with Crippen LogP contribution in [0.4, 0.5) is 0 Å². The van der Waals surface area contributed by atoms with Crippen molar-refractivity contribution in [1.82, 2.24) is 0 Å². The smallest absolute Gasteiger partial charge is 0.302 e. The molecule has 0 amide bonds. The highest BCUT2D eigenvalue weighted by Gasteiger charge is 1.75. The summed E-state index contributed by atoms with van der Waals surface area (Å²) in [6.45, 7) is 3.44. The van der Waals surface area contributed by atoms with Crippen molar-refractivity contribution in [3.63, 3.8) is 0 Å². The summed E-state index contributed by atoms with van der Waals surface area (Å²) in [5.41, 5.74) is 1.32. The van der Waals surface area contributed by atoms with E-state index in [9.17, 15) is 4.79 Å². The van der Waals surface area contributed by atoms with Crippen LogP contribution >= 0.6 is 0 Å². The van der Waals surface area contributed by atoms with Gasteiger partial charge in [-0.3, -0.25) is 4.79 Å². The highest BCUT2D eigenvalue weighted by molar-refractivity contribution is 5.65.